The van der Waals surface area contributed by atoms with Gasteiger partial charge in [-0.25, -0.2) is 9.78 Å². The molecule has 0 N–H and O–H groups in total. The highest BCUT2D eigenvalue weighted by molar-refractivity contribution is 7.98. The molecule has 0 unspecified atom stereocenters. The zero-order chi connectivity index (χ0) is 22.1. The molecule has 0 saturated carbocycles. The number of carbonyl (C=O) groups excluding carboxylic acids is 2. The molecule has 158 valence electrons. The number of nitrogens with zero attached hydrogens (tertiary/aromatic N) is 3. The summed E-state index contributed by atoms with van der Waals surface area (Å²) >= 11 is 9.02. The maximum Gasteiger partial charge on any atom is 0.339 e. The van der Waals surface area contributed by atoms with Crippen LogP contribution in [0.25, 0.3) is 0 Å². The maximum absolute atomic E-state index is 12.7. The number of hydrogen-bond acceptors (Lipinski definition) is 7. The second-order valence-electron chi connectivity index (χ2n) is 6.27. The van der Waals surface area contributed by atoms with Crippen molar-refractivity contribution in [1.29, 1.82) is 5.26 Å². The second kappa shape index (κ2) is 11.5. The molecule has 0 aliphatic heterocycles. The van der Waals surface area contributed by atoms with Gasteiger partial charge in [0.2, 0.25) is 0 Å². The lowest BCUT2D eigenvalue weighted by molar-refractivity contribution is -0.121. The number of nitriles is 1. The van der Waals surface area contributed by atoms with Crippen molar-refractivity contribution < 1.29 is 14.3 Å². The number of hydrogen-bond donors (Lipinski definition) is 0. The molecule has 1 aromatic heterocycles. The Balaban J connectivity index is 1.66. The van der Waals surface area contributed by atoms with Crippen molar-refractivity contribution in [2.45, 2.75) is 17.1 Å². The molecule has 9 heteroatoms. The molecule has 0 bridgehead atoms. The number of aromatic nitrogens is 1. The number of rotatable bonds is 9. The van der Waals surface area contributed by atoms with Gasteiger partial charge in [-0.2, -0.15) is 5.26 Å². The van der Waals surface area contributed by atoms with Crippen LogP contribution in [0.3, 0.4) is 0 Å². The van der Waals surface area contributed by atoms with Gasteiger partial charge >= 0.3 is 5.97 Å². The number of amides is 1. The predicted molar refractivity (Wildman–Crippen MR) is 122 cm³/mol. The number of anilines is 1. The van der Waals surface area contributed by atoms with Gasteiger partial charge in [-0.3, -0.25) is 4.79 Å². The number of benzene rings is 2. The Morgan fingerprint density at radius 2 is 2.06 bits per heavy atom. The molecule has 3 rings (SSSR count). The van der Waals surface area contributed by atoms with E-state index in [4.69, 9.17) is 21.6 Å². The minimum absolute atomic E-state index is 0.141. The minimum atomic E-state index is -0.582. The number of thioether (sulfide) groups is 1. The number of esters is 1. The molecular weight excluding hydrogens is 454 g/mol. The van der Waals surface area contributed by atoms with Crippen LogP contribution in [0.2, 0.25) is 5.02 Å². The smallest absolute Gasteiger partial charge is 0.339 e. The molecule has 1 heterocycles. The van der Waals surface area contributed by atoms with Gasteiger partial charge in [0.15, 0.2) is 6.61 Å². The fourth-order valence-corrected chi connectivity index (χ4v) is 4.50. The lowest BCUT2D eigenvalue weighted by Gasteiger charge is -2.22. The van der Waals surface area contributed by atoms with E-state index in [1.165, 1.54) is 28.0 Å². The van der Waals surface area contributed by atoms with Gasteiger partial charge < -0.3 is 9.64 Å². The van der Waals surface area contributed by atoms with Gasteiger partial charge in [0.1, 0.15) is 0 Å². The van der Waals surface area contributed by atoms with Crippen LogP contribution < -0.4 is 4.90 Å². The van der Waals surface area contributed by atoms with E-state index < -0.39 is 18.5 Å². The van der Waals surface area contributed by atoms with E-state index in [1.807, 2.05) is 23.6 Å². The number of carbonyl (C=O) groups is 2. The summed E-state index contributed by atoms with van der Waals surface area (Å²) in [5.74, 6) is -0.386. The minimum Gasteiger partial charge on any atom is -0.452 e. The largest absolute Gasteiger partial charge is 0.452 e. The monoisotopic (exact) mass is 471 g/mol. The van der Waals surface area contributed by atoms with Gasteiger partial charge in [0.25, 0.3) is 5.91 Å². The molecule has 3 aromatic rings. The van der Waals surface area contributed by atoms with E-state index in [0.717, 1.165) is 10.6 Å². The Bertz CT molecular complexity index is 1080. The van der Waals surface area contributed by atoms with Crippen molar-refractivity contribution >= 4 is 52.3 Å². The topological polar surface area (TPSA) is 83.3 Å². The van der Waals surface area contributed by atoms with Crippen molar-refractivity contribution in [2.24, 2.45) is 0 Å². The average Bonchev–Trinajstić information content (AvgIpc) is 3.30. The third kappa shape index (κ3) is 6.56. The van der Waals surface area contributed by atoms with Crippen molar-refractivity contribution in [1.82, 2.24) is 4.98 Å². The SMILES string of the molecule is N#CCCN(C(=O)COC(=O)c1ccccc1SCc1cscn1)c1cccc(Cl)c1. The van der Waals surface area contributed by atoms with E-state index in [9.17, 15) is 9.59 Å². The standard InChI is InChI=1S/C22H18ClN3O3S2/c23-16-5-3-6-18(11-16)26(10-4-9-24)21(27)12-29-22(28)19-7-1-2-8-20(19)31-14-17-13-30-15-25-17/h1-3,5-8,11,13,15H,4,10,12,14H2. The molecule has 2 aromatic carbocycles. The fourth-order valence-electron chi connectivity index (χ4n) is 2.71. The van der Waals surface area contributed by atoms with Crippen molar-refractivity contribution in [3.63, 3.8) is 0 Å². The summed E-state index contributed by atoms with van der Waals surface area (Å²) in [6.07, 6.45) is 0.141. The van der Waals surface area contributed by atoms with Gasteiger partial charge in [-0.05, 0) is 30.3 Å². The molecule has 0 radical (unpaired) electrons. The molecule has 31 heavy (non-hydrogen) atoms. The molecule has 0 atom stereocenters. The Morgan fingerprint density at radius 3 is 2.81 bits per heavy atom. The van der Waals surface area contributed by atoms with E-state index in [2.05, 4.69) is 4.98 Å². The van der Waals surface area contributed by atoms with E-state index in [1.54, 1.807) is 41.9 Å². The molecule has 0 aliphatic rings. The van der Waals surface area contributed by atoms with Crippen molar-refractivity contribution in [3.8, 4) is 6.07 Å². The third-order valence-electron chi connectivity index (χ3n) is 4.16. The first-order chi connectivity index (χ1) is 15.1. The van der Waals surface area contributed by atoms with Crippen LogP contribution in [-0.4, -0.2) is 30.0 Å². The van der Waals surface area contributed by atoms with E-state index in [-0.39, 0.29) is 13.0 Å². The molecule has 0 fully saturated rings. The molecule has 0 saturated heterocycles. The average molecular weight is 472 g/mol. The zero-order valence-corrected chi connectivity index (χ0v) is 18.8. The molecule has 1 amide bonds. The highest BCUT2D eigenvalue weighted by Gasteiger charge is 2.20. The Hall–Kier alpha value is -2.86. The summed E-state index contributed by atoms with van der Waals surface area (Å²) < 4.78 is 5.31. The predicted octanol–water partition coefficient (Wildman–Crippen LogP) is 5.19. The van der Waals surface area contributed by atoms with Crippen LogP contribution in [0.4, 0.5) is 5.69 Å². The van der Waals surface area contributed by atoms with Crippen molar-refractivity contribution in [3.05, 3.63) is 75.7 Å². The second-order valence-corrected chi connectivity index (χ2v) is 8.45. The van der Waals surface area contributed by atoms with Gasteiger partial charge in [0, 0.05) is 33.3 Å². The summed E-state index contributed by atoms with van der Waals surface area (Å²) in [4.78, 5) is 31.8. The van der Waals surface area contributed by atoms with Crippen molar-refractivity contribution in [2.75, 3.05) is 18.1 Å². The lowest BCUT2D eigenvalue weighted by atomic mass is 10.2. The highest BCUT2D eigenvalue weighted by atomic mass is 35.5. The van der Waals surface area contributed by atoms with Gasteiger partial charge in [-0.1, -0.05) is 29.8 Å². The first-order valence-electron chi connectivity index (χ1n) is 9.27. The molecular formula is C22H18ClN3O3S2. The summed E-state index contributed by atoms with van der Waals surface area (Å²) in [5, 5.41) is 11.3. The molecule has 6 nitrogen and oxygen atoms in total. The quantitative estimate of drug-likeness (QED) is 0.315. The van der Waals surface area contributed by atoms with E-state index in [0.29, 0.717) is 22.0 Å². The Kier molecular flexibility index (Phi) is 8.47. The molecule has 0 aliphatic carbocycles. The lowest BCUT2D eigenvalue weighted by Crippen LogP contribution is -2.35. The van der Waals surface area contributed by atoms with E-state index >= 15 is 0 Å². The fraction of sp³-hybridized carbons (Fsp3) is 0.182. The van der Waals surface area contributed by atoms with Crippen LogP contribution in [0, 0.1) is 11.3 Å². The van der Waals surface area contributed by atoms with Crippen LogP contribution in [0.1, 0.15) is 22.5 Å². The zero-order valence-electron chi connectivity index (χ0n) is 16.4. The van der Waals surface area contributed by atoms with Crippen LogP contribution >= 0.6 is 34.7 Å². The summed E-state index contributed by atoms with van der Waals surface area (Å²) in [6, 6.07) is 15.9. The molecule has 0 spiro atoms. The number of halogens is 1. The summed E-state index contributed by atoms with van der Waals surface area (Å²) in [7, 11) is 0. The van der Waals surface area contributed by atoms with Gasteiger partial charge in [-0.15, -0.1) is 23.1 Å². The number of ether oxygens (including phenoxy) is 1. The first-order valence-corrected chi connectivity index (χ1v) is 11.6. The maximum atomic E-state index is 12.7. The van der Waals surface area contributed by atoms with Crippen LogP contribution in [-0.2, 0) is 15.3 Å². The summed E-state index contributed by atoms with van der Waals surface area (Å²) in [6.45, 7) is -0.269. The highest BCUT2D eigenvalue weighted by Crippen LogP contribution is 2.27. The normalized spacial score (nSPS) is 10.3. The van der Waals surface area contributed by atoms with Crippen LogP contribution in [0.15, 0.2) is 64.3 Å². The Morgan fingerprint density at radius 1 is 1.23 bits per heavy atom. The first kappa shape index (κ1) is 22.8. The third-order valence-corrected chi connectivity index (χ3v) is 6.14. The summed E-state index contributed by atoms with van der Waals surface area (Å²) in [5.41, 5.74) is 3.63. The Labute approximate surface area is 193 Å². The van der Waals surface area contributed by atoms with Crippen LogP contribution in [0.5, 0.6) is 0 Å². The van der Waals surface area contributed by atoms with Gasteiger partial charge in [0.05, 0.1) is 29.3 Å². The number of thiazole rings is 1.